The van der Waals surface area contributed by atoms with Crippen molar-refractivity contribution in [3.63, 3.8) is 0 Å². The summed E-state index contributed by atoms with van der Waals surface area (Å²) in [5.74, 6) is 6.24. The topological polar surface area (TPSA) is 116 Å². The zero-order valence-electron chi connectivity index (χ0n) is 20.5. The zero-order valence-corrected chi connectivity index (χ0v) is 20.5. The predicted molar refractivity (Wildman–Crippen MR) is 135 cm³/mol. The minimum atomic E-state index is -0.570. The number of halogens is 1. The van der Waals surface area contributed by atoms with Crippen LogP contribution in [0.5, 0.6) is 0 Å². The lowest BCUT2D eigenvalue weighted by molar-refractivity contribution is 0.485. The van der Waals surface area contributed by atoms with Gasteiger partial charge in [0.25, 0.3) is 5.56 Å². The Labute approximate surface area is 206 Å². The summed E-state index contributed by atoms with van der Waals surface area (Å²) >= 11 is 0. The highest BCUT2D eigenvalue weighted by Crippen LogP contribution is 2.21. The van der Waals surface area contributed by atoms with Crippen molar-refractivity contribution in [2.24, 2.45) is 5.73 Å². The number of hydrogen-bond acceptors (Lipinski definition) is 7. The van der Waals surface area contributed by atoms with Crippen molar-refractivity contribution in [2.75, 3.05) is 18.0 Å². The molecule has 10 nitrogen and oxygen atoms in total. The number of fused-ring (bicyclic) bond motifs is 2. The monoisotopic (exact) mass is 490 g/mol. The predicted octanol–water partition coefficient (Wildman–Crippen LogP) is 1.36. The van der Waals surface area contributed by atoms with Crippen LogP contribution in [0.4, 0.5) is 10.3 Å². The van der Waals surface area contributed by atoms with Crippen molar-refractivity contribution >= 4 is 22.5 Å². The Morgan fingerprint density at radius 3 is 2.75 bits per heavy atom. The van der Waals surface area contributed by atoms with Crippen LogP contribution in [0, 0.1) is 31.5 Å². The summed E-state index contributed by atoms with van der Waals surface area (Å²) in [5.41, 5.74) is 6.60. The lowest BCUT2D eigenvalue weighted by Crippen LogP contribution is -2.44. The standard InChI is InChI=1S/C25H27FN8O2/c1-4-5-12-33-24(31-11-7-8-17(27)13-31)30-22-15(2)23(35)32(25(36)34(22)33)14-20-28-16(3)21-18(26)9-6-10-19(21)29-20/h6,9-10,17H,7-8,11-14,27H2,1-3H3/t17-/m1/s1. The van der Waals surface area contributed by atoms with Gasteiger partial charge in [-0.3, -0.25) is 9.36 Å². The van der Waals surface area contributed by atoms with Gasteiger partial charge in [-0.2, -0.15) is 9.50 Å². The fraction of sp³-hybridized carbons (Fsp3) is 0.400. The van der Waals surface area contributed by atoms with Crippen LogP contribution in [-0.4, -0.2) is 47.8 Å². The largest absolute Gasteiger partial charge is 0.352 e. The van der Waals surface area contributed by atoms with E-state index < -0.39 is 17.1 Å². The summed E-state index contributed by atoms with van der Waals surface area (Å²) in [4.78, 5) is 42.5. The van der Waals surface area contributed by atoms with Gasteiger partial charge in [0.1, 0.15) is 18.2 Å². The van der Waals surface area contributed by atoms with Gasteiger partial charge in [0, 0.05) is 19.1 Å². The number of aryl methyl sites for hydroxylation is 2. The van der Waals surface area contributed by atoms with E-state index in [9.17, 15) is 14.0 Å². The fourth-order valence-electron chi connectivity index (χ4n) is 4.79. The number of benzene rings is 1. The van der Waals surface area contributed by atoms with Gasteiger partial charge >= 0.3 is 5.69 Å². The average Bonchev–Trinajstić information content (AvgIpc) is 3.23. The minimum absolute atomic E-state index is 0.000208. The van der Waals surface area contributed by atoms with E-state index in [2.05, 4.69) is 21.8 Å². The van der Waals surface area contributed by atoms with Crippen molar-refractivity contribution in [1.82, 2.24) is 28.7 Å². The Morgan fingerprint density at radius 1 is 1.19 bits per heavy atom. The van der Waals surface area contributed by atoms with Crippen molar-refractivity contribution in [1.29, 1.82) is 0 Å². The summed E-state index contributed by atoms with van der Waals surface area (Å²) in [7, 11) is 0. The van der Waals surface area contributed by atoms with Crippen molar-refractivity contribution in [3.05, 3.63) is 61.9 Å². The van der Waals surface area contributed by atoms with Gasteiger partial charge < -0.3 is 10.6 Å². The number of aromatic nitrogens is 6. The maximum Gasteiger partial charge on any atom is 0.352 e. The average molecular weight is 491 g/mol. The van der Waals surface area contributed by atoms with Crippen LogP contribution in [0.1, 0.15) is 36.8 Å². The molecule has 2 N–H and O–H groups in total. The van der Waals surface area contributed by atoms with E-state index in [1.807, 2.05) is 4.90 Å². The lowest BCUT2D eigenvalue weighted by atomic mass is 10.1. The summed E-state index contributed by atoms with van der Waals surface area (Å²) in [5, 5.41) is 0.317. The molecule has 0 aliphatic carbocycles. The normalized spacial score (nSPS) is 15.9. The van der Waals surface area contributed by atoms with Crippen LogP contribution in [0.3, 0.4) is 0 Å². The molecule has 0 unspecified atom stereocenters. The zero-order chi connectivity index (χ0) is 25.6. The first-order valence-corrected chi connectivity index (χ1v) is 11.8. The second-order valence-corrected chi connectivity index (χ2v) is 9.04. The van der Waals surface area contributed by atoms with Crippen molar-refractivity contribution in [3.8, 4) is 11.8 Å². The molecule has 11 heteroatoms. The van der Waals surface area contributed by atoms with Crippen molar-refractivity contribution in [2.45, 2.75) is 52.7 Å². The van der Waals surface area contributed by atoms with E-state index >= 15 is 0 Å². The molecule has 1 aliphatic heterocycles. The number of anilines is 1. The first kappa shape index (κ1) is 23.7. The summed E-state index contributed by atoms with van der Waals surface area (Å²) in [6.07, 6.45) is 1.83. The van der Waals surface area contributed by atoms with Crippen LogP contribution in [0.2, 0.25) is 0 Å². The van der Waals surface area contributed by atoms with Gasteiger partial charge in [-0.25, -0.2) is 23.8 Å². The highest BCUT2D eigenvalue weighted by Gasteiger charge is 2.26. The molecule has 1 saturated heterocycles. The Balaban J connectivity index is 1.69. The maximum atomic E-state index is 14.3. The van der Waals surface area contributed by atoms with Gasteiger partial charge in [-0.05, 0) is 45.7 Å². The van der Waals surface area contributed by atoms with Gasteiger partial charge in [-0.1, -0.05) is 12.0 Å². The molecule has 5 rings (SSSR count). The molecule has 1 fully saturated rings. The van der Waals surface area contributed by atoms with Crippen LogP contribution in [0.15, 0.2) is 27.8 Å². The Morgan fingerprint density at radius 2 is 2.00 bits per heavy atom. The lowest BCUT2D eigenvalue weighted by Gasteiger charge is -2.31. The Hall–Kier alpha value is -4.04. The minimum Gasteiger partial charge on any atom is -0.339 e. The molecular weight excluding hydrogens is 463 g/mol. The Kier molecular flexibility index (Phi) is 6.05. The van der Waals surface area contributed by atoms with E-state index in [-0.39, 0.29) is 30.6 Å². The van der Waals surface area contributed by atoms with E-state index in [1.165, 1.54) is 10.6 Å². The summed E-state index contributed by atoms with van der Waals surface area (Å²) < 4.78 is 18.4. The van der Waals surface area contributed by atoms with Crippen LogP contribution >= 0.6 is 0 Å². The third kappa shape index (κ3) is 3.93. The number of nitrogens with two attached hydrogens (primary N) is 1. The molecule has 186 valence electrons. The fourth-order valence-corrected chi connectivity index (χ4v) is 4.79. The molecule has 1 aliphatic rings. The van der Waals surface area contributed by atoms with Crippen LogP contribution in [-0.2, 0) is 13.1 Å². The third-order valence-electron chi connectivity index (χ3n) is 6.54. The highest BCUT2D eigenvalue weighted by molar-refractivity contribution is 5.81. The van der Waals surface area contributed by atoms with Gasteiger partial charge in [0.2, 0.25) is 5.95 Å². The molecule has 3 aromatic heterocycles. The van der Waals surface area contributed by atoms with Crippen LogP contribution < -0.4 is 21.9 Å². The molecule has 0 amide bonds. The molecule has 36 heavy (non-hydrogen) atoms. The summed E-state index contributed by atoms with van der Waals surface area (Å²) in [6.45, 7) is 6.44. The number of rotatable bonds is 4. The Bertz CT molecular complexity index is 1670. The molecule has 0 spiro atoms. The molecule has 1 atom stereocenters. The second-order valence-electron chi connectivity index (χ2n) is 9.04. The van der Waals surface area contributed by atoms with E-state index in [1.54, 1.807) is 37.6 Å². The molecule has 4 aromatic rings. The van der Waals surface area contributed by atoms with Gasteiger partial charge in [-0.15, -0.1) is 5.92 Å². The molecule has 4 heterocycles. The first-order valence-electron chi connectivity index (χ1n) is 11.8. The molecule has 0 radical (unpaired) electrons. The summed E-state index contributed by atoms with van der Waals surface area (Å²) in [6, 6.07) is 4.58. The van der Waals surface area contributed by atoms with Crippen molar-refractivity contribution < 1.29 is 4.39 Å². The molecule has 0 saturated carbocycles. The highest BCUT2D eigenvalue weighted by atomic mass is 19.1. The maximum absolute atomic E-state index is 14.3. The smallest absolute Gasteiger partial charge is 0.339 e. The third-order valence-corrected chi connectivity index (χ3v) is 6.54. The first-order chi connectivity index (χ1) is 17.3. The molecular formula is C25H27FN8O2. The quantitative estimate of drug-likeness (QED) is 0.429. The van der Waals surface area contributed by atoms with E-state index in [4.69, 9.17) is 10.7 Å². The number of hydrogen-bond donors (Lipinski definition) is 1. The van der Waals surface area contributed by atoms with E-state index in [0.717, 1.165) is 24.0 Å². The molecule has 1 aromatic carbocycles. The second kappa shape index (κ2) is 9.20. The molecule has 0 bridgehead atoms. The van der Waals surface area contributed by atoms with Gasteiger partial charge in [0.05, 0.1) is 28.7 Å². The van der Waals surface area contributed by atoms with Crippen LogP contribution in [0.25, 0.3) is 16.6 Å². The number of piperidine rings is 1. The van der Waals surface area contributed by atoms with E-state index in [0.29, 0.717) is 34.7 Å². The SMILES string of the molecule is CC#CCn1c(N2CCC[C@@H](N)C2)nc2c(C)c(=O)n(Cc3nc(C)c4c(F)cccc4n3)c(=O)n21. The van der Waals surface area contributed by atoms with Gasteiger partial charge in [0.15, 0.2) is 5.65 Å². The number of nitrogens with zero attached hydrogens (tertiary/aromatic N) is 7.